The second kappa shape index (κ2) is 8.17. The fourth-order valence-corrected chi connectivity index (χ4v) is 3.85. The van der Waals surface area contributed by atoms with E-state index in [1.807, 2.05) is 43.3 Å². The number of hydrogen-bond acceptors (Lipinski definition) is 8. The van der Waals surface area contributed by atoms with E-state index in [2.05, 4.69) is 37.5 Å². The number of aromatic amines is 1. The highest BCUT2D eigenvalue weighted by molar-refractivity contribution is 5.56. The van der Waals surface area contributed by atoms with E-state index in [-0.39, 0.29) is 6.04 Å². The van der Waals surface area contributed by atoms with E-state index in [1.165, 1.54) is 0 Å². The average Bonchev–Trinajstić information content (AvgIpc) is 3.55. The van der Waals surface area contributed by atoms with Crippen LogP contribution in [0, 0.1) is 6.92 Å². The lowest BCUT2D eigenvalue weighted by Gasteiger charge is -2.23. The van der Waals surface area contributed by atoms with Gasteiger partial charge in [0, 0.05) is 42.3 Å². The van der Waals surface area contributed by atoms with Crippen molar-refractivity contribution >= 4 is 17.6 Å². The minimum Gasteiger partial charge on any atom is -0.358 e. The summed E-state index contributed by atoms with van der Waals surface area (Å²) in [7, 11) is 0. The average molecular weight is 416 g/mol. The van der Waals surface area contributed by atoms with Gasteiger partial charge in [0.1, 0.15) is 11.5 Å². The van der Waals surface area contributed by atoms with E-state index < -0.39 is 0 Å². The number of rotatable bonds is 6. The summed E-state index contributed by atoms with van der Waals surface area (Å²) in [5.41, 5.74) is 3.49. The van der Waals surface area contributed by atoms with Gasteiger partial charge in [-0.2, -0.15) is 10.1 Å². The number of anilines is 3. The standard InChI is InChI=1S/C22H24N8O/c1-3-15-12-20(25-21-11-14(2)27-28-21)26-22(24-15)30-10-6-8-18(30)19-13-17(29-31-19)16-7-4-5-9-23-16/h4-5,7,9,11-13,18H,3,6,8,10H2,1-2H3,(H2,24,25,26,27,28). The number of H-pyrrole nitrogens is 1. The first-order chi connectivity index (χ1) is 15.2. The van der Waals surface area contributed by atoms with E-state index >= 15 is 0 Å². The fourth-order valence-electron chi connectivity index (χ4n) is 3.85. The van der Waals surface area contributed by atoms with E-state index in [4.69, 9.17) is 14.5 Å². The highest BCUT2D eigenvalue weighted by atomic mass is 16.5. The zero-order valence-electron chi connectivity index (χ0n) is 17.5. The molecule has 31 heavy (non-hydrogen) atoms. The van der Waals surface area contributed by atoms with Crippen molar-refractivity contribution in [2.75, 3.05) is 16.8 Å². The first kappa shape index (κ1) is 19.2. The third-order valence-electron chi connectivity index (χ3n) is 5.39. The third kappa shape index (κ3) is 3.98. The topological polar surface area (TPSA) is 109 Å². The van der Waals surface area contributed by atoms with Crippen LogP contribution in [0.3, 0.4) is 0 Å². The van der Waals surface area contributed by atoms with Crippen LogP contribution < -0.4 is 10.2 Å². The molecule has 5 heterocycles. The van der Waals surface area contributed by atoms with Crippen molar-refractivity contribution in [1.29, 1.82) is 0 Å². The van der Waals surface area contributed by atoms with Gasteiger partial charge in [-0.15, -0.1) is 0 Å². The van der Waals surface area contributed by atoms with E-state index in [9.17, 15) is 0 Å². The van der Waals surface area contributed by atoms with Gasteiger partial charge in [-0.25, -0.2) is 4.98 Å². The Bertz CT molecular complexity index is 1170. The lowest BCUT2D eigenvalue weighted by atomic mass is 10.1. The van der Waals surface area contributed by atoms with Crippen LogP contribution in [0.5, 0.6) is 0 Å². The molecule has 5 rings (SSSR count). The second-order valence-electron chi connectivity index (χ2n) is 7.64. The predicted octanol–water partition coefficient (Wildman–Crippen LogP) is 4.21. The molecule has 1 aliphatic heterocycles. The molecular formula is C22H24N8O. The fraction of sp³-hybridized carbons (Fsp3) is 0.318. The van der Waals surface area contributed by atoms with Crippen molar-refractivity contribution in [1.82, 2.24) is 30.3 Å². The second-order valence-corrected chi connectivity index (χ2v) is 7.64. The summed E-state index contributed by atoms with van der Waals surface area (Å²) >= 11 is 0. The van der Waals surface area contributed by atoms with Crippen molar-refractivity contribution in [3.05, 3.63) is 59.7 Å². The summed E-state index contributed by atoms with van der Waals surface area (Å²) in [5.74, 6) is 2.96. The highest BCUT2D eigenvalue weighted by Gasteiger charge is 2.32. The molecule has 0 bridgehead atoms. The number of aryl methyl sites for hydroxylation is 2. The Hall–Kier alpha value is -3.75. The largest absolute Gasteiger partial charge is 0.358 e. The summed E-state index contributed by atoms with van der Waals surface area (Å²) in [4.78, 5) is 16.1. The van der Waals surface area contributed by atoms with Gasteiger partial charge in [0.25, 0.3) is 0 Å². The Labute approximate surface area is 179 Å². The van der Waals surface area contributed by atoms with Crippen LogP contribution in [-0.4, -0.2) is 36.9 Å². The van der Waals surface area contributed by atoms with Crippen LogP contribution in [0.4, 0.5) is 17.6 Å². The molecule has 0 amide bonds. The first-order valence-electron chi connectivity index (χ1n) is 10.5. The van der Waals surface area contributed by atoms with Crippen LogP contribution >= 0.6 is 0 Å². The summed E-state index contributed by atoms with van der Waals surface area (Å²) in [5, 5.41) is 14.7. The Kier molecular flexibility index (Phi) is 5.07. The van der Waals surface area contributed by atoms with Gasteiger partial charge in [0.15, 0.2) is 11.6 Å². The molecule has 1 atom stereocenters. The third-order valence-corrected chi connectivity index (χ3v) is 5.39. The van der Waals surface area contributed by atoms with E-state index in [1.54, 1.807) is 6.20 Å². The maximum Gasteiger partial charge on any atom is 0.228 e. The number of hydrogen-bond donors (Lipinski definition) is 2. The summed E-state index contributed by atoms with van der Waals surface area (Å²) in [6.07, 6.45) is 4.56. The zero-order chi connectivity index (χ0) is 21.2. The molecular weight excluding hydrogens is 392 g/mol. The van der Waals surface area contributed by atoms with Gasteiger partial charge in [-0.1, -0.05) is 18.1 Å². The van der Waals surface area contributed by atoms with Gasteiger partial charge < -0.3 is 14.7 Å². The van der Waals surface area contributed by atoms with Gasteiger partial charge in [0.2, 0.25) is 5.95 Å². The van der Waals surface area contributed by atoms with Crippen molar-refractivity contribution < 1.29 is 4.52 Å². The molecule has 1 unspecified atom stereocenters. The van der Waals surface area contributed by atoms with Gasteiger partial charge in [-0.3, -0.25) is 10.1 Å². The Morgan fingerprint density at radius 3 is 2.87 bits per heavy atom. The van der Waals surface area contributed by atoms with E-state index in [0.717, 1.165) is 66.0 Å². The molecule has 0 aliphatic carbocycles. The molecule has 4 aromatic heterocycles. The molecule has 9 heteroatoms. The van der Waals surface area contributed by atoms with Crippen LogP contribution in [0.1, 0.15) is 43.0 Å². The predicted molar refractivity (Wildman–Crippen MR) is 117 cm³/mol. The maximum atomic E-state index is 5.72. The normalized spacial score (nSPS) is 16.1. The molecule has 0 spiro atoms. The number of nitrogens with one attached hydrogen (secondary N) is 2. The Morgan fingerprint density at radius 1 is 1.16 bits per heavy atom. The molecule has 9 nitrogen and oxygen atoms in total. The van der Waals surface area contributed by atoms with Crippen LogP contribution in [0.15, 0.2) is 47.1 Å². The van der Waals surface area contributed by atoms with Crippen molar-refractivity contribution in [3.8, 4) is 11.4 Å². The minimum absolute atomic E-state index is 0.0394. The molecule has 158 valence electrons. The molecule has 1 fully saturated rings. The maximum absolute atomic E-state index is 5.72. The monoisotopic (exact) mass is 416 g/mol. The van der Waals surface area contributed by atoms with Gasteiger partial charge in [0.05, 0.1) is 11.7 Å². The Balaban J connectivity index is 1.43. The highest BCUT2D eigenvalue weighted by Crippen LogP contribution is 2.36. The number of nitrogens with zero attached hydrogens (tertiary/aromatic N) is 6. The number of pyridine rings is 1. The quantitative estimate of drug-likeness (QED) is 0.481. The van der Waals surface area contributed by atoms with Crippen molar-refractivity contribution in [2.24, 2.45) is 0 Å². The minimum atomic E-state index is 0.0394. The summed E-state index contributed by atoms with van der Waals surface area (Å²) < 4.78 is 5.72. The molecule has 2 N–H and O–H groups in total. The molecule has 1 aliphatic rings. The summed E-state index contributed by atoms with van der Waals surface area (Å²) in [6, 6.07) is 11.7. The molecule has 0 aromatic carbocycles. The smallest absolute Gasteiger partial charge is 0.228 e. The van der Waals surface area contributed by atoms with Crippen molar-refractivity contribution in [3.63, 3.8) is 0 Å². The molecule has 4 aromatic rings. The SMILES string of the molecule is CCc1cc(Nc2cc(C)[nH]n2)nc(N2CCCC2c2cc(-c3ccccn3)no2)n1. The number of aromatic nitrogens is 6. The van der Waals surface area contributed by atoms with Crippen LogP contribution in [0.2, 0.25) is 0 Å². The molecule has 0 saturated carbocycles. The molecule has 0 radical (unpaired) electrons. The van der Waals surface area contributed by atoms with Gasteiger partial charge in [-0.05, 0) is 38.3 Å². The van der Waals surface area contributed by atoms with Crippen LogP contribution in [0.25, 0.3) is 11.4 Å². The lowest BCUT2D eigenvalue weighted by molar-refractivity contribution is 0.362. The summed E-state index contributed by atoms with van der Waals surface area (Å²) in [6.45, 7) is 4.91. The van der Waals surface area contributed by atoms with E-state index in [0.29, 0.717) is 5.95 Å². The first-order valence-corrected chi connectivity index (χ1v) is 10.5. The molecule has 1 saturated heterocycles. The van der Waals surface area contributed by atoms with Crippen LogP contribution in [-0.2, 0) is 6.42 Å². The van der Waals surface area contributed by atoms with Crippen molar-refractivity contribution in [2.45, 2.75) is 39.2 Å². The van der Waals surface area contributed by atoms with Gasteiger partial charge >= 0.3 is 0 Å². The lowest BCUT2D eigenvalue weighted by Crippen LogP contribution is -2.25. The zero-order valence-corrected chi connectivity index (χ0v) is 17.5. The Morgan fingerprint density at radius 2 is 2.10 bits per heavy atom.